The topological polar surface area (TPSA) is 73.5 Å². The molecular formula is C20H19FN2O4. The first-order valence-electron chi connectivity index (χ1n) is 8.38. The molecule has 0 saturated carbocycles. The Morgan fingerprint density at radius 3 is 2.33 bits per heavy atom. The molecular weight excluding hydrogens is 351 g/mol. The molecule has 0 atom stereocenters. The van der Waals surface area contributed by atoms with Crippen LogP contribution in [0.1, 0.15) is 22.4 Å². The quantitative estimate of drug-likeness (QED) is 0.677. The lowest BCUT2D eigenvalue weighted by Crippen LogP contribution is -2.42. The van der Waals surface area contributed by atoms with Gasteiger partial charge in [0.15, 0.2) is 0 Å². The fraction of sp³-hybridized carbons (Fsp3) is 0.200. The lowest BCUT2D eigenvalue weighted by Gasteiger charge is -2.15. The van der Waals surface area contributed by atoms with E-state index in [4.69, 9.17) is 4.74 Å². The number of ether oxygens (including phenoxy) is 1. The first-order valence-corrected chi connectivity index (χ1v) is 8.38. The zero-order valence-electron chi connectivity index (χ0n) is 14.8. The van der Waals surface area contributed by atoms with Crippen LogP contribution in [0.15, 0.2) is 64.2 Å². The van der Waals surface area contributed by atoms with Crippen LogP contribution in [0, 0.1) is 12.7 Å². The molecule has 0 aliphatic heterocycles. The third-order valence-corrected chi connectivity index (χ3v) is 4.33. The van der Waals surface area contributed by atoms with Crippen LogP contribution >= 0.6 is 0 Å². The molecule has 0 bridgehead atoms. The van der Waals surface area contributed by atoms with Gasteiger partial charge in [-0.05, 0) is 30.2 Å². The van der Waals surface area contributed by atoms with Gasteiger partial charge < -0.3 is 9.94 Å². The highest BCUT2D eigenvalue weighted by Crippen LogP contribution is 2.10. The Morgan fingerprint density at radius 1 is 1.00 bits per heavy atom. The van der Waals surface area contributed by atoms with E-state index >= 15 is 0 Å². The van der Waals surface area contributed by atoms with E-state index in [1.54, 1.807) is 19.1 Å². The second kappa shape index (κ2) is 8.01. The summed E-state index contributed by atoms with van der Waals surface area (Å²) in [5.74, 6) is -0.344. The first-order chi connectivity index (χ1) is 13.0. The van der Waals surface area contributed by atoms with Crippen molar-refractivity contribution in [2.24, 2.45) is 0 Å². The van der Waals surface area contributed by atoms with E-state index in [-0.39, 0.29) is 30.3 Å². The van der Waals surface area contributed by atoms with E-state index in [0.717, 1.165) is 11.1 Å². The van der Waals surface area contributed by atoms with Gasteiger partial charge in [0, 0.05) is 17.7 Å². The monoisotopic (exact) mass is 370 g/mol. The highest BCUT2D eigenvalue weighted by molar-refractivity contribution is 5.27. The molecule has 1 aromatic heterocycles. The van der Waals surface area contributed by atoms with E-state index in [9.17, 15) is 19.2 Å². The summed E-state index contributed by atoms with van der Waals surface area (Å²) in [4.78, 5) is 24.6. The van der Waals surface area contributed by atoms with Crippen LogP contribution in [-0.4, -0.2) is 14.5 Å². The van der Waals surface area contributed by atoms with Gasteiger partial charge in [0.05, 0.1) is 6.61 Å². The number of nitrogens with zero attached hydrogens (tertiary/aromatic N) is 2. The van der Waals surface area contributed by atoms with Crippen LogP contribution in [0.4, 0.5) is 4.39 Å². The van der Waals surface area contributed by atoms with Crippen LogP contribution in [-0.2, 0) is 24.5 Å². The fourth-order valence-corrected chi connectivity index (χ4v) is 2.78. The molecule has 6 nitrogen and oxygen atoms in total. The minimum atomic E-state index is -0.867. The van der Waals surface area contributed by atoms with E-state index in [0.29, 0.717) is 11.3 Å². The Bertz CT molecular complexity index is 1040. The third kappa shape index (κ3) is 4.15. The largest absolute Gasteiger partial charge is 0.421 e. The number of benzene rings is 2. The predicted molar refractivity (Wildman–Crippen MR) is 97.3 cm³/mol. The minimum absolute atomic E-state index is 0.104. The van der Waals surface area contributed by atoms with Crippen molar-refractivity contribution in [1.82, 2.24) is 9.30 Å². The predicted octanol–water partition coefficient (Wildman–Crippen LogP) is 2.46. The Balaban J connectivity index is 1.85. The van der Waals surface area contributed by atoms with Gasteiger partial charge in [-0.2, -0.15) is 0 Å². The lowest BCUT2D eigenvalue weighted by molar-refractivity contribution is 0.0504. The molecule has 1 N–H and O–H groups in total. The molecule has 0 fully saturated rings. The van der Waals surface area contributed by atoms with Gasteiger partial charge in [0.25, 0.3) is 5.56 Å². The number of halogens is 1. The van der Waals surface area contributed by atoms with Crippen molar-refractivity contribution in [2.45, 2.75) is 26.7 Å². The van der Waals surface area contributed by atoms with Gasteiger partial charge in [-0.3, -0.25) is 9.36 Å². The summed E-state index contributed by atoms with van der Waals surface area (Å²) in [6.07, 6.45) is 0.282. The van der Waals surface area contributed by atoms with Crippen LogP contribution in [0.3, 0.4) is 0 Å². The van der Waals surface area contributed by atoms with Gasteiger partial charge >= 0.3 is 5.69 Å². The molecule has 0 aliphatic rings. The zero-order valence-corrected chi connectivity index (χ0v) is 14.8. The molecule has 3 rings (SSSR count). The average Bonchev–Trinajstić information content (AvgIpc) is 2.68. The van der Waals surface area contributed by atoms with Crippen molar-refractivity contribution in [3.8, 4) is 0 Å². The van der Waals surface area contributed by atoms with E-state index in [1.165, 1.54) is 16.7 Å². The van der Waals surface area contributed by atoms with Gasteiger partial charge in [0.2, 0.25) is 0 Å². The number of hydrogen-bond donors (Lipinski definition) is 1. The van der Waals surface area contributed by atoms with E-state index in [2.05, 4.69) is 0 Å². The summed E-state index contributed by atoms with van der Waals surface area (Å²) in [6, 6.07) is 15.1. The molecule has 0 unspecified atom stereocenters. The molecule has 0 radical (unpaired) electrons. The van der Waals surface area contributed by atoms with Gasteiger partial charge in [-0.15, -0.1) is 0 Å². The van der Waals surface area contributed by atoms with Crippen molar-refractivity contribution in [2.75, 3.05) is 0 Å². The first kappa shape index (κ1) is 18.6. The maximum atomic E-state index is 12.9. The molecule has 140 valence electrons. The van der Waals surface area contributed by atoms with Crippen LogP contribution in [0.25, 0.3) is 0 Å². The summed E-state index contributed by atoms with van der Waals surface area (Å²) in [7, 11) is 0. The fourth-order valence-electron chi connectivity index (χ4n) is 2.78. The molecule has 3 aromatic rings. The Morgan fingerprint density at radius 2 is 1.67 bits per heavy atom. The van der Waals surface area contributed by atoms with Crippen molar-refractivity contribution < 1.29 is 14.3 Å². The second-order valence-electron chi connectivity index (χ2n) is 6.16. The maximum Gasteiger partial charge on any atom is 0.366 e. The van der Waals surface area contributed by atoms with Crippen LogP contribution < -0.4 is 11.2 Å². The van der Waals surface area contributed by atoms with Crippen molar-refractivity contribution >= 4 is 0 Å². The molecule has 0 aliphatic carbocycles. The van der Waals surface area contributed by atoms with Gasteiger partial charge in [-0.1, -0.05) is 47.2 Å². The van der Waals surface area contributed by atoms with Crippen molar-refractivity contribution in [3.63, 3.8) is 0 Å². The van der Waals surface area contributed by atoms with E-state index < -0.39 is 11.2 Å². The highest BCUT2D eigenvalue weighted by atomic mass is 19.1. The smallest absolute Gasteiger partial charge is 0.366 e. The summed E-state index contributed by atoms with van der Waals surface area (Å²) in [6.45, 7) is 1.65. The molecule has 0 amide bonds. The average molecular weight is 370 g/mol. The van der Waals surface area contributed by atoms with Crippen molar-refractivity contribution in [1.29, 1.82) is 0 Å². The maximum absolute atomic E-state index is 12.9. The Labute approximate surface area is 154 Å². The summed E-state index contributed by atoms with van der Waals surface area (Å²) in [5.41, 5.74) is 0.760. The summed E-state index contributed by atoms with van der Waals surface area (Å²) >= 11 is 0. The summed E-state index contributed by atoms with van der Waals surface area (Å²) < 4.78 is 19.8. The summed E-state index contributed by atoms with van der Waals surface area (Å²) in [5, 5.41) is 9.89. The third-order valence-electron chi connectivity index (χ3n) is 4.33. The minimum Gasteiger partial charge on any atom is -0.421 e. The highest BCUT2D eigenvalue weighted by Gasteiger charge is 2.16. The molecule has 7 heteroatoms. The number of hydrogen-bond acceptors (Lipinski definition) is 4. The zero-order chi connectivity index (χ0) is 19.4. The second-order valence-corrected chi connectivity index (χ2v) is 6.16. The molecule has 0 saturated heterocycles. The van der Waals surface area contributed by atoms with Gasteiger partial charge in [-0.25, -0.2) is 9.18 Å². The van der Waals surface area contributed by atoms with Crippen molar-refractivity contribution in [3.05, 3.63) is 104 Å². The standard InChI is InChI=1S/C20H19FN2O4/c1-14-18(11-15-5-3-2-4-6-15)19(24)23(26)20(25)22(14)13-27-12-16-7-9-17(21)10-8-16/h2-10,26H,11-13H2,1H3. The molecule has 2 aromatic carbocycles. The number of aromatic nitrogens is 2. The number of rotatable bonds is 6. The van der Waals surface area contributed by atoms with Crippen LogP contribution in [0.5, 0.6) is 0 Å². The van der Waals surface area contributed by atoms with Crippen LogP contribution in [0.2, 0.25) is 0 Å². The normalized spacial score (nSPS) is 10.9. The molecule has 1 heterocycles. The van der Waals surface area contributed by atoms with Gasteiger partial charge in [0.1, 0.15) is 12.5 Å². The molecule has 0 spiro atoms. The SMILES string of the molecule is Cc1c(Cc2ccccc2)c(=O)n(O)c(=O)n1COCc1ccc(F)cc1. The Kier molecular flexibility index (Phi) is 5.52. The Hall–Kier alpha value is -3.19. The molecule has 27 heavy (non-hydrogen) atoms. The lowest BCUT2D eigenvalue weighted by atomic mass is 10.1. The van der Waals surface area contributed by atoms with E-state index in [1.807, 2.05) is 30.3 Å².